The summed E-state index contributed by atoms with van der Waals surface area (Å²) in [5.74, 6) is 1.39. The Balaban J connectivity index is 0.000000231. The number of benzene rings is 4. The summed E-state index contributed by atoms with van der Waals surface area (Å²) in [6.45, 7) is 1.67. The first-order valence-corrected chi connectivity index (χ1v) is 29.7. The molecule has 2 atom stereocenters. The quantitative estimate of drug-likeness (QED) is 0.0372. The van der Waals surface area contributed by atoms with Crippen LogP contribution in [-0.4, -0.2) is 63.1 Å². The number of hydrogen-bond donors (Lipinski definition) is 0. The third kappa shape index (κ3) is 9.21. The summed E-state index contributed by atoms with van der Waals surface area (Å²) in [6, 6.07) is 23.2. The molecule has 0 radical (unpaired) electrons. The summed E-state index contributed by atoms with van der Waals surface area (Å²) in [4.78, 5) is 40.6. The van der Waals surface area contributed by atoms with Crippen molar-refractivity contribution in [2.45, 2.75) is 57.8 Å². The van der Waals surface area contributed by atoms with Gasteiger partial charge in [0, 0.05) is 28.9 Å². The number of ketones is 2. The number of Topliss-reactive ketones (excluding diaryl/α,β-unsaturated/α-hetero) is 2. The number of ether oxygens (including phenoxy) is 5. The number of carbonyl (C=O) groups is 3. The van der Waals surface area contributed by atoms with E-state index in [1.807, 2.05) is 42.5 Å². The molecule has 0 saturated heterocycles. The van der Waals surface area contributed by atoms with E-state index in [0.29, 0.717) is 25.4 Å². The van der Waals surface area contributed by atoms with Crippen molar-refractivity contribution in [3.8, 4) is 23.0 Å². The molecule has 4 aromatic carbocycles. The molecular formula is C42H44I3N2O8-. The number of esters is 1. The summed E-state index contributed by atoms with van der Waals surface area (Å²) >= 11 is 5.30. The van der Waals surface area contributed by atoms with Crippen molar-refractivity contribution in [3.05, 3.63) is 123 Å². The van der Waals surface area contributed by atoms with Gasteiger partial charge in [-0.15, -0.1) is 0 Å². The second kappa shape index (κ2) is 20.1. The van der Waals surface area contributed by atoms with Crippen molar-refractivity contribution in [2.24, 2.45) is 0 Å². The Hall–Kier alpha value is -3.54. The zero-order chi connectivity index (χ0) is 39.0. The van der Waals surface area contributed by atoms with Gasteiger partial charge in [-0.05, 0) is 115 Å². The van der Waals surface area contributed by atoms with Crippen LogP contribution in [0, 0.1) is 0 Å². The van der Waals surface area contributed by atoms with Gasteiger partial charge in [0.25, 0.3) is 5.78 Å². The molecule has 13 heteroatoms. The van der Waals surface area contributed by atoms with Gasteiger partial charge < -0.3 is 29.2 Å². The molecule has 0 N–H and O–H groups in total. The van der Waals surface area contributed by atoms with E-state index < -0.39 is 17.5 Å². The number of aryl methyl sites for hydroxylation is 2. The van der Waals surface area contributed by atoms with Gasteiger partial charge in [-0.1, -0.05) is 31.7 Å². The number of hydrogen-bond acceptors (Lipinski definition) is 8. The second-order valence-electron chi connectivity index (χ2n) is 12.8. The minimum atomic E-state index is -0.967. The maximum atomic E-state index is 13.1. The Morgan fingerprint density at radius 3 is 1.95 bits per heavy atom. The third-order valence-corrected chi connectivity index (χ3v) is 10.2. The predicted octanol–water partition coefficient (Wildman–Crippen LogP) is 6.13. The number of rotatable bonds is 9. The van der Waals surface area contributed by atoms with E-state index in [-0.39, 0.29) is 36.7 Å². The Labute approximate surface area is 352 Å². The third-order valence-electron chi connectivity index (χ3n) is 10.2. The number of nitrogens with zero attached hydrogens (tertiary/aromatic N) is 2. The van der Waals surface area contributed by atoms with Crippen molar-refractivity contribution in [2.75, 3.05) is 35.0 Å². The van der Waals surface area contributed by atoms with Crippen molar-refractivity contribution < 1.29 is 56.1 Å². The number of halogens is 3. The van der Waals surface area contributed by atoms with Crippen molar-refractivity contribution in [1.82, 2.24) is 0 Å². The van der Waals surface area contributed by atoms with Crippen LogP contribution in [0.4, 0.5) is 0 Å². The molecule has 0 aromatic heterocycles. The molecule has 4 aromatic rings. The Morgan fingerprint density at radius 1 is 0.800 bits per heavy atom. The molecule has 0 saturated carbocycles. The summed E-state index contributed by atoms with van der Waals surface area (Å²) in [5.41, 5.74) is 16.3. The van der Waals surface area contributed by atoms with Crippen LogP contribution in [0.25, 0.3) is 5.53 Å². The van der Waals surface area contributed by atoms with E-state index >= 15 is 0 Å². The van der Waals surface area contributed by atoms with Crippen LogP contribution in [0.5, 0.6) is 23.0 Å². The number of carbonyl (C=O) groups excluding carboxylic acids is 3. The molecular weight excluding hydrogens is 1040 g/mol. The monoisotopic (exact) mass is 1090 g/mol. The van der Waals surface area contributed by atoms with Gasteiger partial charge in [-0.25, -0.2) is 4.79 Å². The average Bonchev–Trinajstić information content (AvgIpc) is 3.87. The standard InChI is InChI=1S/C22H22N2O5.C19H18O3.CH4.I3/c1-4-29-22(26)20(24-23)21(25)19-12-15(28-3)7-10-18(19)17-8-5-13-11-14(27-2)6-9-16(13)17;1-21-13-3-5-16-12(9-13)7-8-19(16)11-18(20)15-10-14(22-2)4-6-17(15)19;;1-3-2/h6-7,9-12,17H,4-5,8H2,1-3H3;3-6,9-10H,7-8,11H2,1-2H3;1H4;/q;;;-1. The van der Waals surface area contributed by atoms with Crippen molar-refractivity contribution >= 4 is 60.5 Å². The van der Waals surface area contributed by atoms with Gasteiger partial charge >= 0.3 is 62.2 Å². The number of methoxy groups -OCH3 is 4. The van der Waals surface area contributed by atoms with E-state index in [2.05, 4.69) is 60.2 Å². The first-order valence-electron chi connectivity index (χ1n) is 17.2. The van der Waals surface area contributed by atoms with E-state index in [4.69, 9.17) is 23.7 Å². The van der Waals surface area contributed by atoms with Gasteiger partial charge in [0.05, 0.1) is 35.0 Å². The fourth-order valence-corrected chi connectivity index (χ4v) is 7.79. The van der Waals surface area contributed by atoms with Gasteiger partial charge in [-0.3, -0.25) is 9.59 Å². The SMILES string of the molecule is C.CCOC(=O)C(=[N+]=[N-])C(=O)c1cc(OC)ccc1C1CCc2cc(OC)ccc21.COc1ccc2c(c1)CCC21CC(=O)c2cc(OC)ccc21.I[I-]I. The first-order chi connectivity index (χ1) is 26.1. The molecule has 0 fully saturated rings. The van der Waals surface area contributed by atoms with E-state index in [0.717, 1.165) is 70.7 Å². The van der Waals surface area contributed by atoms with Crippen LogP contribution < -0.4 is 32.2 Å². The summed E-state index contributed by atoms with van der Waals surface area (Å²) in [6.07, 6.45) is 4.19. The van der Waals surface area contributed by atoms with Gasteiger partial charge in [0.15, 0.2) is 5.78 Å². The van der Waals surface area contributed by atoms with Gasteiger partial charge in [0.1, 0.15) is 23.0 Å². The normalized spacial score (nSPS) is 16.8. The maximum absolute atomic E-state index is 13.1. The molecule has 1 spiro atoms. The molecule has 55 heavy (non-hydrogen) atoms. The fraction of sp³-hybridized carbons (Fsp3) is 0.333. The van der Waals surface area contributed by atoms with Crippen LogP contribution in [-0.2, 0) is 27.8 Å². The van der Waals surface area contributed by atoms with E-state index in [1.165, 1.54) is 18.2 Å². The Morgan fingerprint density at radius 2 is 1.35 bits per heavy atom. The molecule has 7 rings (SSSR count). The van der Waals surface area contributed by atoms with Crippen molar-refractivity contribution in [1.29, 1.82) is 0 Å². The molecule has 292 valence electrons. The minimum absolute atomic E-state index is 0. The number of fused-ring (bicyclic) bond motifs is 5. The van der Waals surface area contributed by atoms with Crippen LogP contribution in [0.1, 0.15) is 93.6 Å². The molecule has 0 bridgehead atoms. The van der Waals surface area contributed by atoms with E-state index in [1.54, 1.807) is 40.4 Å². The fourth-order valence-electron chi connectivity index (χ4n) is 7.79. The zero-order valence-corrected chi connectivity index (χ0v) is 37.0. The summed E-state index contributed by atoms with van der Waals surface area (Å²) in [5, 5.41) is 0. The Kier molecular flexibility index (Phi) is 16.1. The average molecular weight is 1090 g/mol. The van der Waals surface area contributed by atoms with Crippen LogP contribution >= 0.6 is 37.2 Å². The molecule has 2 unspecified atom stereocenters. The predicted molar refractivity (Wildman–Crippen MR) is 225 cm³/mol. The Bertz CT molecular complexity index is 2120. The summed E-state index contributed by atoms with van der Waals surface area (Å²) in [7, 11) is 6.44. The zero-order valence-electron chi connectivity index (χ0n) is 30.5. The molecule has 10 nitrogen and oxygen atoms in total. The molecule has 3 aliphatic rings. The topological polar surface area (TPSA) is 134 Å². The second-order valence-corrected chi connectivity index (χ2v) is 29.0. The van der Waals surface area contributed by atoms with Crippen molar-refractivity contribution in [3.63, 3.8) is 0 Å². The molecule has 0 aliphatic heterocycles. The molecule has 0 heterocycles. The first kappa shape index (κ1) is 44.2. The van der Waals surface area contributed by atoms with Crippen LogP contribution in [0.3, 0.4) is 0 Å². The van der Waals surface area contributed by atoms with Gasteiger partial charge in [-0.2, -0.15) is 4.79 Å². The van der Waals surface area contributed by atoms with Gasteiger partial charge in [0.2, 0.25) is 0 Å². The molecule has 3 aliphatic carbocycles. The van der Waals surface area contributed by atoms with Crippen LogP contribution in [0.2, 0.25) is 0 Å². The summed E-state index contributed by atoms with van der Waals surface area (Å²) < 4.78 is 26.0. The van der Waals surface area contributed by atoms with E-state index in [9.17, 15) is 19.9 Å². The van der Waals surface area contributed by atoms with Crippen LogP contribution in [0.15, 0.2) is 72.8 Å². The molecule has 0 amide bonds.